The summed E-state index contributed by atoms with van der Waals surface area (Å²) < 4.78 is 0. The topological polar surface area (TPSA) is 179 Å². The zero-order valence-corrected chi connectivity index (χ0v) is 16.3. The molecule has 4 rings (SSSR count). The van der Waals surface area contributed by atoms with Crippen molar-refractivity contribution in [3.63, 3.8) is 0 Å². The molecule has 1 fully saturated rings. The lowest BCUT2D eigenvalue weighted by molar-refractivity contribution is 0.454. The number of allylic oxidation sites excluding steroid dienone is 1. The molecule has 6 N–H and O–H groups in total. The minimum Gasteiger partial charge on any atom is -0.493 e. The average Bonchev–Trinajstić information content (AvgIpc) is 3.53. The quantitative estimate of drug-likeness (QED) is 0.300. The van der Waals surface area contributed by atoms with Crippen molar-refractivity contribution in [2.24, 2.45) is 0 Å². The van der Waals surface area contributed by atoms with E-state index in [1.54, 1.807) is 12.1 Å². The standard InChI is InChI=1S/C20H19N9O2/c21-8-11-1-3-12(4-2-11)10-23-18-26-16(27-19(29-18)24-14-5-6-14)13(9-22)7-15-17(30)28-20(31)25-15/h1-4,7,9,14,22,30H,5-6,10H2,(H2,25,28,31)(H2,23,24,26,27,29)/b13-7-,22-9?. The highest BCUT2D eigenvalue weighted by Crippen LogP contribution is 2.24. The second-order valence-corrected chi connectivity index (χ2v) is 6.97. The number of anilines is 2. The lowest BCUT2D eigenvalue weighted by atomic mass is 10.1. The summed E-state index contributed by atoms with van der Waals surface area (Å²) in [5.41, 5.74) is 1.34. The fraction of sp³-hybridized carbons (Fsp3) is 0.200. The van der Waals surface area contributed by atoms with Crippen LogP contribution in [0.25, 0.3) is 11.6 Å². The zero-order chi connectivity index (χ0) is 21.8. The first kappa shape index (κ1) is 19.8. The van der Waals surface area contributed by atoms with Gasteiger partial charge in [-0.1, -0.05) is 12.1 Å². The van der Waals surface area contributed by atoms with Crippen molar-refractivity contribution >= 4 is 29.8 Å². The Bertz CT molecular complexity index is 1230. The molecule has 0 unspecified atom stereocenters. The van der Waals surface area contributed by atoms with E-state index in [0.29, 0.717) is 30.0 Å². The highest BCUT2D eigenvalue weighted by atomic mass is 16.3. The molecular weight excluding hydrogens is 398 g/mol. The molecule has 0 radical (unpaired) electrons. The van der Waals surface area contributed by atoms with Crippen molar-refractivity contribution in [3.8, 4) is 11.9 Å². The maximum Gasteiger partial charge on any atom is 0.326 e. The lowest BCUT2D eigenvalue weighted by Gasteiger charge is -2.10. The van der Waals surface area contributed by atoms with Crippen LogP contribution in [-0.2, 0) is 6.54 Å². The third-order valence-corrected chi connectivity index (χ3v) is 4.53. The highest BCUT2D eigenvalue weighted by molar-refractivity contribution is 6.13. The molecule has 1 aliphatic carbocycles. The Labute approximate surface area is 176 Å². The summed E-state index contributed by atoms with van der Waals surface area (Å²) in [4.78, 5) is 29.2. The molecular formula is C20H19N9O2. The van der Waals surface area contributed by atoms with Crippen LogP contribution in [0.15, 0.2) is 29.1 Å². The third-order valence-electron chi connectivity index (χ3n) is 4.53. The predicted octanol–water partition coefficient (Wildman–Crippen LogP) is 1.84. The molecule has 0 aliphatic heterocycles. The first-order valence-corrected chi connectivity index (χ1v) is 9.53. The summed E-state index contributed by atoms with van der Waals surface area (Å²) in [6.45, 7) is 0.424. The van der Waals surface area contributed by atoms with E-state index in [9.17, 15) is 9.90 Å². The van der Waals surface area contributed by atoms with Crippen LogP contribution in [0.1, 0.15) is 35.5 Å². The first-order valence-electron chi connectivity index (χ1n) is 9.53. The number of H-pyrrole nitrogens is 2. The van der Waals surface area contributed by atoms with Gasteiger partial charge in [0, 0.05) is 24.4 Å². The van der Waals surface area contributed by atoms with Crippen LogP contribution in [0.3, 0.4) is 0 Å². The van der Waals surface area contributed by atoms with Crippen molar-refractivity contribution in [1.29, 1.82) is 10.7 Å². The van der Waals surface area contributed by atoms with Gasteiger partial charge in [0.1, 0.15) is 5.69 Å². The van der Waals surface area contributed by atoms with Crippen LogP contribution in [0.2, 0.25) is 0 Å². The first-order chi connectivity index (χ1) is 15.0. The minimum atomic E-state index is -0.565. The van der Waals surface area contributed by atoms with E-state index in [1.807, 2.05) is 12.1 Å². The molecule has 0 saturated heterocycles. The van der Waals surface area contributed by atoms with E-state index in [0.717, 1.165) is 24.6 Å². The van der Waals surface area contributed by atoms with E-state index in [1.165, 1.54) is 6.08 Å². The lowest BCUT2D eigenvalue weighted by Crippen LogP contribution is -2.12. The van der Waals surface area contributed by atoms with Crippen molar-refractivity contribution in [3.05, 3.63) is 57.4 Å². The Hall–Kier alpha value is -4.46. The largest absolute Gasteiger partial charge is 0.493 e. The van der Waals surface area contributed by atoms with Gasteiger partial charge in [-0.3, -0.25) is 4.98 Å². The summed E-state index contributed by atoms with van der Waals surface area (Å²) in [5.74, 6) is 0.539. The Kier molecular flexibility index (Phi) is 5.44. The van der Waals surface area contributed by atoms with Crippen LogP contribution < -0.4 is 16.3 Å². The van der Waals surface area contributed by atoms with Gasteiger partial charge in [-0.15, -0.1) is 0 Å². The van der Waals surface area contributed by atoms with Crippen LogP contribution in [0.4, 0.5) is 11.9 Å². The summed E-state index contributed by atoms with van der Waals surface area (Å²) in [7, 11) is 0. The second kappa shape index (κ2) is 8.50. The minimum absolute atomic E-state index is 0.118. The van der Waals surface area contributed by atoms with Gasteiger partial charge in [0.25, 0.3) is 0 Å². The van der Waals surface area contributed by atoms with Gasteiger partial charge in [0.2, 0.25) is 17.8 Å². The molecule has 0 spiro atoms. The number of imidazole rings is 1. The number of nitrogens with zero attached hydrogens (tertiary/aromatic N) is 4. The number of rotatable bonds is 8. The molecule has 31 heavy (non-hydrogen) atoms. The number of benzene rings is 1. The van der Waals surface area contributed by atoms with E-state index in [4.69, 9.17) is 10.7 Å². The van der Waals surface area contributed by atoms with Gasteiger partial charge < -0.3 is 26.1 Å². The molecule has 2 aromatic heterocycles. The summed E-state index contributed by atoms with van der Waals surface area (Å²) in [6.07, 6.45) is 4.49. The number of nitrogens with one attached hydrogen (secondary N) is 5. The number of hydrogen-bond acceptors (Lipinski definition) is 9. The predicted molar refractivity (Wildman–Crippen MR) is 115 cm³/mol. The molecule has 1 saturated carbocycles. The Balaban J connectivity index is 1.62. The van der Waals surface area contributed by atoms with Crippen molar-refractivity contribution in [1.82, 2.24) is 24.9 Å². The van der Waals surface area contributed by atoms with Crippen molar-refractivity contribution in [2.75, 3.05) is 10.6 Å². The average molecular weight is 417 g/mol. The molecule has 1 aromatic carbocycles. The summed E-state index contributed by atoms with van der Waals surface area (Å²) in [6, 6.07) is 9.53. The van der Waals surface area contributed by atoms with Crippen LogP contribution >= 0.6 is 0 Å². The Morgan fingerprint density at radius 2 is 1.97 bits per heavy atom. The molecule has 1 aliphatic rings. The smallest absolute Gasteiger partial charge is 0.326 e. The number of aromatic hydroxyl groups is 1. The third kappa shape index (κ3) is 4.94. The fourth-order valence-electron chi connectivity index (χ4n) is 2.76. The molecule has 0 amide bonds. The normalized spacial score (nSPS) is 13.5. The van der Waals surface area contributed by atoms with E-state index in [2.05, 4.69) is 41.6 Å². The highest BCUT2D eigenvalue weighted by Gasteiger charge is 2.23. The van der Waals surface area contributed by atoms with Crippen LogP contribution in [0, 0.1) is 16.7 Å². The van der Waals surface area contributed by atoms with Gasteiger partial charge in [0.05, 0.1) is 11.6 Å². The monoisotopic (exact) mass is 417 g/mol. The van der Waals surface area contributed by atoms with Gasteiger partial charge in [-0.05, 0) is 36.6 Å². The summed E-state index contributed by atoms with van der Waals surface area (Å²) >= 11 is 0. The van der Waals surface area contributed by atoms with E-state index in [-0.39, 0.29) is 23.0 Å². The molecule has 0 bridgehead atoms. The molecule has 3 aromatic rings. The molecule has 0 atom stereocenters. The molecule has 156 valence electrons. The fourth-order valence-corrected chi connectivity index (χ4v) is 2.76. The van der Waals surface area contributed by atoms with Gasteiger partial charge >= 0.3 is 5.69 Å². The molecule has 11 heteroatoms. The van der Waals surface area contributed by atoms with Crippen molar-refractivity contribution in [2.45, 2.75) is 25.4 Å². The maximum atomic E-state index is 11.4. The van der Waals surface area contributed by atoms with Crippen LogP contribution in [-0.4, -0.2) is 42.3 Å². The van der Waals surface area contributed by atoms with Gasteiger partial charge in [-0.2, -0.15) is 20.2 Å². The maximum absolute atomic E-state index is 11.4. The van der Waals surface area contributed by atoms with Gasteiger partial charge in [0.15, 0.2) is 5.82 Å². The zero-order valence-electron chi connectivity index (χ0n) is 16.3. The SMILES string of the molecule is N#Cc1ccc(CNc2nc(NC3CC3)nc(/C(C=N)=C\c3[nH]c(=O)[nH]c3O)n2)cc1. The number of aromatic nitrogens is 5. The summed E-state index contributed by atoms with van der Waals surface area (Å²) in [5, 5.41) is 32.8. The van der Waals surface area contributed by atoms with Gasteiger partial charge in [-0.25, -0.2) is 4.79 Å². The number of aromatic amines is 2. The number of nitriles is 1. The van der Waals surface area contributed by atoms with Crippen molar-refractivity contribution < 1.29 is 5.11 Å². The van der Waals surface area contributed by atoms with Crippen LogP contribution in [0.5, 0.6) is 5.88 Å². The van der Waals surface area contributed by atoms with E-state index >= 15 is 0 Å². The number of hydrogen-bond donors (Lipinski definition) is 6. The van der Waals surface area contributed by atoms with E-state index < -0.39 is 5.69 Å². The Morgan fingerprint density at radius 1 is 1.23 bits per heavy atom. The Morgan fingerprint density at radius 3 is 2.58 bits per heavy atom. The second-order valence-electron chi connectivity index (χ2n) is 6.97. The molecule has 2 heterocycles. The molecule has 11 nitrogen and oxygen atoms in total.